The van der Waals surface area contributed by atoms with E-state index in [0.29, 0.717) is 12.5 Å². The number of aliphatic hydroxyl groups is 1. The Labute approximate surface area is 103 Å². The lowest BCUT2D eigenvalue weighted by Gasteiger charge is -2.27. The Balaban J connectivity index is 2.36. The predicted molar refractivity (Wildman–Crippen MR) is 65.6 cm³/mol. The molecule has 5 nitrogen and oxygen atoms in total. The van der Waals surface area contributed by atoms with Gasteiger partial charge < -0.3 is 20.5 Å². The van der Waals surface area contributed by atoms with Gasteiger partial charge in [-0.1, -0.05) is 0 Å². The van der Waals surface area contributed by atoms with Crippen LogP contribution in [-0.4, -0.2) is 47.4 Å². The summed E-state index contributed by atoms with van der Waals surface area (Å²) in [4.78, 5) is 13.0. The van der Waals surface area contributed by atoms with Crippen LogP contribution < -0.4 is 5.73 Å². The summed E-state index contributed by atoms with van der Waals surface area (Å²) in [7, 11) is 0. The van der Waals surface area contributed by atoms with Gasteiger partial charge in [-0.15, -0.1) is 0 Å². The third-order valence-corrected chi connectivity index (χ3v) is 3.05. The van der Waals surface area contributed by atoms with Crippen molar-refractivity contribution in [1.29, 1.82) is 0 Å². The molecule has 0 aromatic heterocycles. The number of carbonyl (C=O) groups excluding carboxylic acids is 1. The molecule has 0 bridgehead atoms. The number of aliphatic hydroxyl groups excluding tert-OH is 1. The third kappa shape index (κ3) is 5.37. The number of primary amides is 1. The van der Waals surface area contributed by atoms with Gasteiger partial charge in [0.25, 0.3) is 0 Å². The normalized spacial score (nSPS) is 23.6. The van der Waals surface area contributed by atoms with Gasteiger partial charge in [0.05, 0.1) is 6.10 Å². The Kier molecular flexibility index (Phi) is 4.77. The Morgan fingerprint density at radius 2 is 2.29 bits per heavy atom. The first-order valence-corrected chi connectivity index (χ1v) is 6.17. The van der Waals surface area contributed by atoms with Crippen LogP contribution in [-0.2, 0) is 4.74 Å². The Morgan fingerprint density at radius 1 is 1.65 bits per heavy atom. The second-order valence-corrected chi connectivity index (χ2v) is 5.65. The van der Waals surface area contributed by atoms with E-state index >= 15 is 0 Å². The van der Waals surface area contributed by atoms with Crippen LogP contribution in [0.5, 0.6) is 0 Å². The molecule has 1 rings (SSSR count). The van der Waals surface area contributed by atoms with Crippen molar-refractivity contribution >= 4 is 6.09 Å². The van der Waals surface area contributed by atoms with Crippen LogP contribution in [0.1, 0.15) is 33.6 Å². The van der Waals surface area contributed by atoms with Crippen molar-refractivity contribution in [2.24, 2.45) is 11.7 Å². The molecule has 1 aliphatic heterocycles. The van der Waals surface area contributed by atoms with Crippen molar-refractivity contribution < 1.29 is 14.6 Å². The van der Waals surface area contributed by atoms with E-state index in [9.17, 15) is 9.90 Å². The third-order valence-electron chi connectivity index (χ3n) is 3.05. The molecule has 1 amide bonds. The highest BCUT2D eigenvalue weighted by Crippen LogP contribution is 2.27. The van der Waals surface area contributed by atoms with E-state index in [2.05, 4.69) is 4.90 Å². The molecule has 0 radical (unpaired) electrons. The van der Waals surface area contributed by atoms with Crippen molar-refractivity contribution in [3.63, 3.8) is 0 Å². The summed E-state index contributed by atoms with van der Waals surface area (Å²) >= 11 is 0. The van der Waals surface area contributed by atoms with E-state index in [4.69, 9.17) is 10.5 Å². The quantitative estimate of drug-likeness (QED) is 0.755. The average Bonchev–Trinajstić information content (AvgIpc) is 2.46. The fourth-order valence-electron chi connectivity index (χ4n) is 2.63. The van der Waals surface area contributed by atoms with Crippen LogP contribution in [0.2, 0.25) is 0 Å². The standard InChI is InChI=1S/C12H24N2O3/c1-9(15)7-14-5-4-10(8-14)6-12(2,3)17-11(13)16/h9-10,15H,4-8H2,1-3H3,(H2,13,16)/t9?,10-/m1/s1. The monoisotopic (exact) mass is 244 g/mol. The van der Waals surface area contributed by atoms with Gasteiger partial charge in [0.15, 0.2) is 0 Å². The zero-order chi connectivity index (χ0) is 13.1. The minimum Gasteiger partial charge on any atom is -0.444 e. The molecule has 1 unspecified atom stereocenters. The van der Waals surface area contributed by atoms with Crippen LogP contribution in [0.4, 0.5) is 4.79 Å². The minimum atomic E-state index is -0.714. The van der Waals surface area contributed by atoms with Crippen LogP contribution >= 0.6 is 0 Å². The summed E-state index contributed by atoms with van der Waals surface area (Å²) in [5.41, 5.74) is 4.54. The van der Waals surface area contributed by atoms with E-state index in [1.165, 1.54) is 0 Å². The summed E-state index contributed by atoms with van der Waals surface area (Å²) in [6.45, 7) is 8.24. The topological polar surface area (TPSA) is 75.8 Å². The van der Waals surface area contributed by atoms with Gasteiger partial charge in [-0.25, -0.2) is 4.79 Å². The summed E-state index contributed by atoms with van der Waals surface area (Å²) in [5.74, 6) is 0.503. The molecule has 0 spiro atoms. The molecule has 5 heteroatoms. The molecule has 17 heavy (non-hydrogen) atoms. The maximum atomic E-state index is 10.8. The molecule has 0 aromatic carbocycles. The largest absolute Gasteiger partial charge is 0.444 e. The maximum absolute atomic E-state index is 10.8. The molecule has 3 N–H and O–H groups in total. The number of carbonyl (C=O) groups is 1. The lowest BCUT2D eigenvalue weighted by Crippen LogP contribution is -2.34. The molecule has 0 aromatic rings. The molecular weight excluding hydrogens is 220 g/mol. The maximum Gasteiger partial charge on any atom is 0.405 e. The van der Waals surface area contributed by atoms with Gasteiger partial charge in [0.1, 0.15) is 5.60 Å². The Bertz CT molecular complexity index is 266. The fraction of sp³-hybridized carbons (Fsp3) is 0.917. The average molecular weight is 244 g/mol. The van der Waals surface area contributed by atoms with E-state index in [1.807, 2.05) is 13.8 Å². The molecule has 0 saturated carbocycles. The summed E-state index contributed by atoms with van der Waals surface area (Å²) in [6.07, 6.45) is 0.891. The zero-order valence-corrected chi connectivity index (χ0v) is 11.0. The van der Waals surface area contributed by atoms with Crippen LogP contribution in [0.25, 0.3) is 0 Å². The molecule has 1 heterocycles. The lowest BCUT2D eigenvalue weighted by molar-refractivity contribution is 0.0269. The highest BCUT2D eigenvalue weighted by Gasteiger charge is 2.31. The van der Waals surface area contributed by atoms with Crippen LogP contribution in [0, 0.1) is 5.92 Å². The van der Waals surface area contributed by atoms with Crippen molar-refractivity contribution in [2.75, 3.05) is 19.6 Å². The molecule has 1 aliphatic rings. The van der Waals surface area contributed by atoms with E-state index in [-0.39, 0.29) is 6.10 Å². The van der Waals surface area contributed by atoms with Gasteiger partial charge in [0.2, 0.25) is 0 Å². The summed E-state index contributed by atoms with van der Waals surface area (Å²) < 4.78 is 5.09. The van der Waals surface area contributed by atoms with E-state index < -0.39 is 11.7 Å². The zero-order valence-electron chi connectivity index (χ0n) is 11.0. The number of likely N-dealkylation sites (tertiary alicyclic amines) is 1. The summed E-state index contributed by atoms with van der Waals surface area (Å²) in [5, 5.41) is 9.32. The van der Waals surface area contributed by atoms with Crippen molar-refractivity contribution in [3.8, 4) is 0 Å². The number of rotatable bonds is 5. The first-order valence-electron chi connectivity index (χ1n) is 6.17. The van der Waals surface area contributed by atoms with Crippen LogP contribution in [0.3, 0.4) is 0 Å². The number of hydrogen-bond acceptors (Lipinski definition) is 4. The molecular formula is C12H24N2O3. The lowest BCUT2D eigenvalue weighted by atomic mass is 9.93. The van der Waals surface area contributed by atoms with Crippen molar-refractivity contribution in [2.45, 2.75) is 45.3 Å². The Morgan fingerprint density at radius 3 is 2.82 bits per heavy atom. The number of amides is 1. The van der Waals surface area contributed by atoms with E-state index in [0.717, 1.165) is 25.9 Å². The van der Waals surface area contributed by atoms with Gasteiger partial charge in [-0.2, -0.15) is 0 Å². The first-order chi connectivity index (χ1) is 7.78. The summed E-state index contributed by atoms with van der Waals surface area (Å²) in [6, 6.07) is 0. The van der Waals surface area contributed by atoms with E-state index in [1.54, 1.807) is 6.92 Å². The number of nitrogens with zero attached hydrogens (tertiary/aromatic N) is 1. The fourth-order valence-corrected chi connectivity index (χ4v) is 2.63. The van der Waals surface area contributed by atoms with Gasteiger partial charge in [0, 0.05) is 13.1 Å². The van der Waals surface area contributed by atoms with Crippen molar-refractivity contribution in [1.82, 2.24) is 4.90 Å². The second-order valence-electron chi connectivity index (χ2n) is 5.65. The molecule has 0 aliphatic carbocycles. The molecule has 2 atom stereocenters. The first kappa shape index (κ1) is 14.3. The number of ether oxygens (including phenoxy) is 1. The number of hydrogen-bond donors (Lipinski definition) is 2. The second kappa shape index (κ2) is 5.69. The van der Waals surface area contributed by atoms with Gasteiger partial charge in [-0.05, 0) is 46.1 Å². The SMILES string of the molecule is CC(O)CN1CC[C@H](CC(C)(C)OC(N)=O)C1. The highest BCUT2D eigenvalue weighted by atomic mass is 16.6. The van der Waals surface area contributed by atoms with Crippen LogP contribution in [0.15, 0.2) is 0 Å². The number of nitrogens with two attached hydrogens (primary N) is 1. The molecule has 100 valence electrons. The Hall–Kier alpha value is -0.810. The van der Waals surface area contributed by atoms with Crippen molar-refractivity contribution in [3.05, 3.63) is 0 Å². The number of β-amino-alcohol motifs (C(OH)–C–C–N with tert-alkyl or cyclic N) is 1. The molecule has 1 fully saturated rings. The molecule has 1 saturated heterocycles. The van der Waals surface area contributed by atoms with Gasteiger partial charge >= 0.3 is 6.09 Å². The highest BCUT2D eigenvalue weighted by molar-refractivity contribution is 5.65. The predicted octanol–water partition coefficient (Wildman–Crippen LogP) is 0.953. The minimum absolute atomic E-state index is 0.288. The smallest absolute Gasteiger partial charge is 0.405 e. The van der Waals surface area contributed by atoms with Gasteiger partial charge in [-0.3, -0.25) is 0 Å².